The highest BCUT2D eigenvalue weighted by Crippen LogP contribution is 2.25. The summed E-state index contributed by atoms with van der Waals surface area (Å²) in [4.78, 5) is 12.8. The molecule has 0 aliphatic rings. The predicted octanol–water partition coefficient (Wildman–Crippen LogP) is 4.65. The van der Waals surface area contributed by atoms with Crippen molar-refractivity contribution in [2.45, 2.75) is 38.5 Å². The summed E-state index contributed by atoms with van der Waals surface area (Å²) >= 11 is 0. The number of nitrogens with one attached hydrogen (secondary N) is 1. The molecule has 0 bridgehead atoms. The molecule has 0 aliphatic carbocycles. The van der Waals surface area contributed by atoms with Crippen molar-refractivity contribution >= 4 is 21.6 Å². The number of sulfonamides is 1. The van der Waals surface area contributed by atoms with Crippen molar-refractivity contribution in [1.82, 2.24) is 5.32 Å². The van der Waals surface area contributed by atoms with Crippen molar-refractivity contribution in [2.75, 3.05) is 24.0 Å². The highest BCUT2D eigenvalue weighted by molar-refractivity contribution is 7.92. The molecule has 3 aromatic carbocycles. The monoisotopic (exact) mass is 480 g/mol. The zero-order chi connectivity index (χ0) is 24.6. The summed E-state index contributed by atoms with van der Waals surface area (Å²) in [5, 5.41) is 2.76. The molecule has 0 aromatic heterocycles. The molecule has 0 heterocycles. The molecule has 180 valence electrons. The van der Waals surface area contributed by atoms with Gasteiger partial charge in [-0.15, -0.1) is 0 Å². The molecule has 0 spiro atoms. The third-order valence-corrected chi connectivity index (χ3v) is 7.34. The maximum Gasteiger partial charge on any atom is 0.264 e. The van der Waals surface area contributed by atoms with Crippen LogP contribution in [0.4, 0.5) is 5.69 Å². The van der Waals surface area contributed by atoms with E-state index in [1.165, 1.54) is 17.7 Å². The van der Waals surface area contributed by atoms with Crippen molar-refractivity contribution in [2.24, 2.45) is 0 Å². The van der Waals surface area contributed by atoms with E-state index in [2.05, 4.69) is 12.2 Å². The van der Waals surface area contributed by atoms with Gasteiger partial charge in [-0.3, -0.25) is 9.10 Å². The molecule has 0 unspecified atom stereocenters. The minimum Gasteiger partial charge on any atom is -0.492 e. The highest BCUT2D eigenvalue weighted by atomic mass is 32.2. The molecule has 3 aromatic rings. The summed E-state index contributed by atoms with van der Waals surface area (Å²) in [6.07, 6.45) is 2.12. The Morgan fingerprint density at radius 3 is 2.29 bits per heavy atom. The number of rotatable bonds is 11. The number of hydrogen-bond acceptors (Lipinski definition) is 4. The van der Waals surface area contributed by atoms with Crippen LogP contribution in [0.3, 0.4) is 0 Å². The van der Waals surface area contributed by atoms with Crippen molar-refractivity contribution in [3.05, 3.63) is 89.5 Å². The van der Waals surface area contributed by atoms with Gasteiger partial charge in [-0.05, 0) is 73.4 Å². The van der Waals surface area contributed by atoms with E-state index in [9.17, 15) is 13.2 Å². The maximum absolute atomic E-state index is 13.4. The van der Waals surface area contributed by atoms with Gasteiger partial charge in [0.15, 0.2) is 0 Å². The molecular weight excluding hydrogens is 448 g/mol. The standard InChI is InChI=1S/C27H32N2O4S/c1-4-8-23-12-15-25(16-13-23)33-18-17-28-27(30)20-29(24-14-11-21(2)22(3)19-24)34(31,32)26-9-6-5-7-10-26/h5-7,9-16,19H,4,8,17-18,20H2,1-3H3,(H,28,30). The SMILES string of the molecule is CCCc1ccc(OCCNC(=O)CN(c2ccc(C)c(C)c2)S(=O)(=O)c2ccccc2)cc1. The third kappa shape index (κ3) is 6.60. The molecule has 1 amide bonds. The van der Waals surface area contributed by atoms with Crippen molar-refractivity contribution in [3.63, 3.8) is 0 Å². The van der Waals surface area contributed by atoms with E-state index in [4.69, 9.17) is 4.74 Å². The first-order chi connectivity index (χ1) is 16.3. The molecule has 34 heavy (non-hydrogen) atoms. The smallest absolute Gasteiger partial charge is 0.264 e. The van der Waals surface area contributed by atoms with Crippen molar-refractivity contribution in [3.8, 4) is 5.75 Å². The number of ether oxygens (including phenoxy) is 1. The average Bonchev–Trinajstić information content (AvgIpc) is 2.84. The van der Waals surface area contributed by atoms with Crippen LogP contribution in [0.15, 0.2) is 77.7 Å². The Kier molecular flexibility index (Phi) is 8.71. The maximum atomic E-state index is 13.4. The van der Waals surface area contributed by atoms with Gasteiger partial charge in [0.1, 0.15) is 18.9 Å². The van der Waals surface area contributed by atoms with Gasteiger partial charge in [0.25, 0.3) is 10.0 Å². The second kappa shape index (κ2) is 11.7. The fraction of sp³-hybridized carbons (Fsp3) is 0.296. The van der Waals surface area contributed by atoms with Gasteiger partial charge in [0, 0.05) is 0 Å². The Balaban J connectivity index is 1.66. The summed E-state index contributed by atoms with van der Waals surface area (Å²) in [6, 6.07) is 21.4. The lowest BCUT2D eigenvalue weighted by atomic mass is 10.1. The van der Waals surface area contributed by atoms with Crippen LogP contribution < -0.4 is 14.4 Å². The molecule has 0 saturated heterocycles. The lowest BCUT2D eigenvalue weighted by molar-refractivity contribution is -0.119. The van der Waals surface area contributed by atoms with Crippen LogP contribution in [0.1, 0.15) is 30.0 Å². The number of carbonyl (C=O) groups excluding carboxylic acids is 1. The zero-order valence-electron chi connectivity index (χ0n) is 20.0. The Morgan fingerprint density at radius 1 is 0.941 bits per heavy atom. The van der Waals surface area contributed by atoms with E-state index < -0.39 is 15.9 Å². The molecule has 0 fully saturated rings. The normalized spacial score (nSPS) is 11.1. The number of carbonyl (C=O) groups is 1. The summed E-state index contributed by atoms with van der Waals surface area (Å²) in [6.45, 7) is 6.23. The molecule has 0 radical (unpaired) electrons. The second-order valence-electron chi connectivity index (χ2n) is 8.19. The number of aryl methyl sites for hydroxylation is 3. The average molecular weight is 481 g/mol. The molecule has 0 atom stereocenters. The van der Waals surface area contributed by atoms with Crippen LogP contribution in [0.25, 0.3) is 0 Å². The van der Waals surface area contributed by atoms with Crippen molar-refractivity contribution in [1.29, 1.82) is 0 Å². The van der Waals surface area contributed by atoms with E-state index >= 15 is 0 Å². The quantitative estimate of drug-likeness (QED) is 0.406. The summed E-state index contributed by atoms with van der Waals surface area (Å²) < 4.78 is 33.6. The van der Waals surface area contributed by atoms with Gasteiger partial charge in [-0.2, -0.15) is 0 Å². The van der Waals surface area contributed by atoms with Gasteiger partial charge in [0.2, 0.25) is 5.91 Å². The zero-order valence-corrected chi connectivity index (χ0v) is 20.8. The Labute approximate surface area is 202 Å². The van der Waals surface area contributed by atoms with E-state index in [1.54, 1.807) is 30.3 Å². The lowest BCUT2D eigenvalue weighted by Crippen LogP contribution is -2.42. The van der Waals surface area contributed by atoms with Crippen LogP contribution in [0, 0.1) is 13.8 Å². The molecular formula is C27H32N2O4S. The predicted molar refractivity (Wildman–Crippen MR) is 136 cm³/mol. The fourth-order valence-corrected chi connectivity index (χ4v) is 4.94. The first-order valence-corrected chi connectivity index (χ1v) is 12.9. The number of benzene rings is 3. The van der Waals surface area contributed by atoms with Gasteiger partial charge in [-0.25, -0.2) is 8.42 Å². The van der Waals surface area contributed by atoms with Crippen LogP contribution in [0.5, 0.6) is 5.75 Å². The van der Waals surface area contributed by atoms with Gasteiger partial charge in [0.05, 0.1) is 17.1 Å². The summed E-state index contributed by atoms with van der Waals surface area (Å²) in [5.41, 5.74) is 3.70. The Morgan fingerprint density at radius 2 is 1.65 bits per heavy atom. The van der Waals surface area contributed by atoms with Gasteiger partial charge < -0.3 is 10.1 Å². The Hall–Kier alpha value is -3.32. The van der Waals surface area contributed by atoms with Crippen LogP contribution in [0.2, 0.25) is 0 Å². The summed E-state index contributed by atoms with van der Waals surface area (Å²) in [7, 11) is -3.92. The number of anilines is 1. The van der Waals surface area contributed by atoms with E-state index in [-0.39, 0.29) is 24.6 Å². The highest BCUT2D eigenvalue weighted by Gasteiger charge is 2.27. The van der Waals surface area contributed by atoms with E-state index in [0.717, 1.165) is 34.0 Å². The van der Waals surface area contributed by atoms with Crippen LogP contribution in [-0.2, 0) is 21.2 Å². The van der Waals surface area contributed by atoms with Gasteiger partial charge >= 0.3 is 0 Å². The van der Waals surface area contributed by atoms with Crippen molar-refractivity contribution < 1.29 is 17.9 Å². The van der Waals surface area contributed by atoms with E-state index in [1.807, 2.05) is 44.2 Å². The number of hydrogen-bond donors (Lipinski definition) is 1. The first kappa shape index (κ1) is 25.3. The minimum absolute atomic E-state index is 0.135. The van der Waals surface area contributed by atoms with Gasteiger partial charge in [-0.1, -0.05) is 49.7 Å². The second-order valence-corrected chi connectivity index (χ2v) is 10.0. The largest absolute Gasteiger partial charge is 0.492 e. The summed E-state index contributed by atoms with van der Waals surface area (Å²) in [5.74, 6) is 0.331. The number of nitrogens with zero attached hydrogens (tertiary/aromatic N) is 1. The third-order valence-electron chi connectivity index (χ3n) is 5.55. The molecule has 7 heteroatoms. The fourth-order valence-electron chi connectivity index (χ4n) is 3.50. The molecule has 1 N–H and O–H groups in total. The molecule has 0 saturated carbocycles. The minimum atomic E-state index is -3.92. The lowest BCUT2D eigenvalue weighted by Gasteiger charge is -2.25. The van der Waals surface area contributed by atoms with Crippen LogP contribution >= 0.6 is 0 Å². The molecule has 6 nitrogen and oxygen atoms in total. The van der Waals surface area contributed by atoms with E-state index in [0.29, 0.717) is 5.69 Å². The number of amides is 1. The Bertz CT molecular complexity index is 1190. The first-order valence-electron chi connectivity index (χ1n) is 11.4. The van der Waals surface area contributed by atoms with Crippen LogP contribution in [-0.4, -0.2) is 34.0 Å². The molecule has 0 aliphatic heterocycles. The molecule has 3 rings (SSSR count). The topological polar surface area (TPSA) is 75.7 Å².